The number of nitrogens with zero attached hydrogens (tertiary/aromatic N) is 2. The highest BCUT2D eigenvalue weighted by Crippen LogP contribution is 2.52. The molecule has 1 fully saturated rings. The third kappa shape index (κ3) is 5.66. The van der Waals surface area contributed by atoms with Crippen molar-refractivity contribution in [2.75, 3.05) is 50.9 Å². The second-order valence-electron chi connectivity index (χ2n) is 8.10. The summed E-state index contributed by atoms with van der Waals surface area (Å²) in [5.41, 5.74) is 2.39. The third-order valence-electron chi connectivity index (χ3n) is 5.77. The lowest BCUT2D eigenvalue weighted by atomic mass is 10.2. The van der Waals surface area contributed by atoms with E-state index in [1.54, 1.807) is 19.2 Å². The summed E-state index contributed by atoms with van der Waals surface area (Å²) in [6.45, 7) is 3.72. The number of aliphatic imine (C=N–C) groups is 1. The molecule has 0 saturated carbocycles. The predicted octanol–water partition coefficient (Wildman–Crippen LogP) is 5.25. The van der Waals surface area contributed by atoms with Crippen molar-refractivity contribution in [3.8, 4) is 0 Å². The maximum Gasteiger partial charge on any atom is 0.348 e. The van der Waals surface area contributed by atoms with Crippen molar-refractivity contribution in [2.45, 2.75) is 6.92 Å². The number of amidine groups is 1. The molecule has 1 aromatic heterocycles. The Bertz CT molecular complexity index is 1310. The van der Waals surface area contributed by atoms with E-state index in [2.05, 4.69) is 15.4 Å². The van der Waals surface area contributed by atoms with Gasteiger partial charge in [-0.2, -0.15) is 0 Å². The van der Waals surface area contributed by atoms with E-state index in [0.29, 0.717) is 58.0 Å². The highest BCUT2D eigenvalue weighted by atomic mass is 35.5. The minimum atomic E-state index is -3.50. The van der Waals surface area contributed by atoms with E-state index < -0.39 is 13.4 Å². The number of morpholine rings is 1. The summed E-state index contributed by atoms with van der Waals surface area (Å²) in [4.78, 5) is 17.3. The number of aryl methyl sites for hydroxylation is 1. The Morgan fingerprint density at radius 3 is 2.53 bits per heavy atom. The Balaban J connectivity index is 1.83. The number of nitrogens with one attached hydrogen (secondary N) is 2. The fraction of sp³-hybridized carbons (Fsp3) is 0.280. The molecule has 36 heavy (non-hydrogen) atoms. The van der Waals surface area contributed by atoms with Gasteiger partial charge in [-0.05, 0) is 30.7 Å². The third-order valence-corrected chi connectivity index (χ3v) is 10.1. The largest absolute Gasteiger partial charge is 0.465 e. The van der Waals surface area contributed by atoms with Gasteiger partial charge in [0.2, 0.25) is 0 Å². The number of carbonyl (C=O) groups is 1. The summed E-state index contributed by atoms with van der Waals surface area (Å²) in [5, 5.41) is 8.17. The molecule has 11 heteroatoms. The summed E-state index contributed by atoms with van der Waals surface area (Å²) in [5.74, 6) is 0.0814. The highest BCUT2D eigenvalue weighted by molar-refractivity contribution is 7.71. The van der Waals surface area contributed by atoms with Gasteiger partial charge >= 0.3 is 5.97 Å². The number of carbonyl (C=O) groups excluding carboxylic acids is 1. The van der Waals surface area contributed by atoms with E-state index in [1.807, 2.05) is 54.1 Å². The molecule has 1 atom stereocenters. The number of methoxy groups -OCH3 is 1. The molecule has 1 saturated heterocycles. The van der Waals surface area contributed by atoms with Gasteiger partial charge in [-0.25, -0.2) is 9.46 Å². The second kappa shape index (κ2) is 11.6. The number of benzene rings is 2. The molecule has 0 radical (unpaired) electrons. The van der Waals surface area contributed by atoms with Crippen molar-refractivity contribution in [1.29, 1.82) is 0 Å². The number of thiophene rings is 1. The molecule has 1 aliphatic heterocycles. The molecule has 0 aliphatic carbocycles. The molecule has 3 aromatic rings. The first-order valence-electron chi connectivity index (χ1n) is 11.4. The maximum absolute atomic E-state index is 15.0. The summed E-state index contributed by atoms with van der Waals surface area (Å²) < 4.78 is 27.4. The van der Waals surface area contributed by atoms with Crippen molar-refractivity contribution < 1.29 is 18.8 Å². The van der Waals surface area contributed by atoms with Crippen molar-refractivity contribution in [2.24, 2.45) is 4.99 Å². The Kier molecular flexibility index (Phi) is 8.49. The molecule has 8 nitrogen and oxygen atoms in total. The van der Waals surface area contributed by atoms with Crippen LogP contribution in [-0.4, -0.2) is 56.9 Å². The van der Waals surface area contributed by atoms with Crippen molar-refractivity contribution in [3.05, 3.63) is 75.6 Å². The zero-order chi connectivity index (χ0) is 25.7. The van der Waals surface area contributed by atoms with Gasteiger partial charge in [0.15, 0.2) is 0 Å². The van der Waals surface area contributed by atoms with E-state index in [0.717, 1.165) is 11.1 Å². The van der Waals surface area contributed by atoms with Crippen molar-refractivity contribution in [3.63, 3.8) is 0 Å². The van der Waals surface area contributed by atoms with Crippen LogP contribution in [0.5, 0.6) is 0 Å². The lowest BCUT2D eigenvalue weighted by Crippen LogP contribution is -2.39. The lowest BCUT2D eigenvalue weighted by Gasteiger charge is -2.35. The smallest absolute Gasteiger partial charge is 0.348 e. The minimum absolute atomic E-state index is 0.329. The van der Waals surface area contributed by atoms with Gasteiger partial charge < -0.3 is 19.9 Å². The number of esters is 1. The summed E-state index contributed by atoms with van der Waals surface area (Å²) in [6.07, 6.45) is 0. The molecule has 2 N–H and O–H groups in total. The molecule has 1 aliphatic rings. The van der Waals surface area contributed by atoms with Crippen molar-refractivity contribution >= 4 is 58.2 Å². The van der Waals surface area contributed by atoms with Crippen LogP contribution in [0.3, 0.4) is 0 Å². The molecular formula is C25H28ClN4O4PS. The normalized spacial score (nSPS) is 16.3. The molecule has 0 bridgehead atoms. The van der Waals surface area contributed by atoms with E-state index in [4.69, 9.17) is 21.1 Å². The topological polar surface area (TPSA) is 92.3 Å². The highest BCUT2D eigenvalue weighted by Gasteiger charge is 2.38. The van der Waals surface area contributed by atoms with Gasteiger partial charge in [0, 0.05) is 36.4 Å². The van der Waals surface area contributed by atoms with Crippen LogP contribution in [0, 0.1) is 6.92 Å². The quantitative estimate of drug-likeness (QED) is 0.181. The van der Waals surface area contributed by atoms with Crippen LogP contribution in [0.15, 0.2) is 59.6 Å². The Morgan fingerprint density at radius 2 is 1.89 bits per heavy atom. The number of hydrogen-bond acceptors (Lipinski definition) is 6. The van der Waals surface area contributed by atoms with E-state index in [1.165, 1.54) is 18.4 Å². The number of ether oxygens (including phenoxy) is 2. The molecular weight excluding hydrogens is 519 g/mol. The SMILES string of the molecule is CN=C(Nc1sc(C(=O)OC)cc1P(=O)(Nc1ccc(C)c(Cl)c1)N1CCOCC1)c1ccccc1. The zero-order valence-electron chi connectivity index (χ0n) is 20.3. The first kappa shape index (κ1) is 26.4. The lowest BCUT2D eigenvalue weighted by molar-refractivity contribution is 0.0606. The van der Waals surface area contributed by atoms with Crippen LogP contribution >= 0.6 is 30.4 Å². The predicted molar refractivity (Wildman–Crippen MR) is 148 cm³/mol. The number of anilines is 2. The van der Waals surface area contributed by atoms with E-state index >= 15 is 0 Å². The standard InChI is InChI=1S/C25H28ClN4O4PS/c1-17-9-10-19(15-20(17)26)29-35(32,30-11-13-34-14-12-30)21-16-22(25(31)33-3)36-24(21)28-23(27-2)18-7-5-4-6-8-18/h4-10,15-16H,11-14H2,1-3H3,(H,27,28)(H,29,32). The van der Waals surface area contributed by atoms with Crippen LogP contribution < -0.4 is 15.7 Å². The fourth-order valence-corrected chi connectivity index (χ4v) is 7.88. The monoisotopic (exact) mass is 546 g/mol. The van der Waals surface area contributed by atoms with Crippen LogP contribution in [0.1, 0.15) is 20.8 Å². The van der Waals surface area contributed by atoms with Gasteiger partial charge in [0.05, 0.1) is 25.6 Å². The van der Waals surface area contributed by atoms with Crippen LogP contribution in [-0.2, 0) is 14.0 Å². The minimum Gasteiger partial charge on any atom is -0.465 e. The van der Waals surface area contributed by atoms with Gasteiger partial charge in [-0.3, -0.25) is 9.56 Å². The first-order chi connectivity index (χ1) is 17.4. The molecule has 2 aromatic carbocycles. The molecule has 2 heterocycles. The number of halogens is 1. The van der Waals surface area contributed by atoms with Crippen LogP contribution in [0.4, 0.5) is 10.7 Å². The van der Waals surface area contributed by atoms with E-state index in [9.17, 15) is 9.36 Å². The molecule has 0 amide bonds. The summed E-state index contributed by atoms with van der Waals surface area (Å²) >= 11 is 7.55. The van der Waals surface area contributed by atoms with Gasteiger partial charge in [-0.15, -0.1) is 11.3 Å². The van der Waals surface area contributed by atoms with Crippen molar-refractivity contribution in [1.82, 2.24) is 4.67 Å². The average Bonchev–Trinajstić information content (AvgIpc) is 3.34. The van der Waals surface area contributed by atoms with Crippen LogP contribution in [0.25, 0.3) is 0 Å². The molecule has 1 unspecified atom stereocenters. The Labute approximate surface area is 219 Å². The molecule has 190 valence electrons. The number of hydrogen-bond donors (Lipinski definition) is 2. The molecule has 4 rings (SSSR count). The summed E-state index contributed by atoms with van der Waals surface area (Å²) in [7, 11) is -0.496. The van der Waals surface area contributed by atoms with Gasteiger partial charge in [-0.1, -0.05) is 48.0 Å². The fourth-order valence-electron chi connectivity index (χ4n) is 3.81. The number of rotatable bonds is 7. The van der Waals surface area contributed by atoms with E-state index in [-0.39, 0.29) is 0 Å². The molecule has 0 spiro atoms. The van der Waals surface area contributed by atoms with Crippen LogP contribution in [0.2, 0.25) is 5.02 Å². The average molecular weight is 547 g/mol. The summed E-state index contributed by atoms with van der Waals surface area (Å²) in [6, 6.07) is 16.7. The maximum atomic E-state index is 15.0. The van der Waals surface area contributed by atoms with Gasteiger partial charge in [0.25, 0.3) is 7.44 Å². The zero-order valence-corrected chi connectivity index (χ0v) is 22.8. The first-order valence-corrected chi connectivity index (χ1v) is 14.2. The Hall–Kier alpha value is -2.68. The van der Waals surface area contributed by atoms with Gasteiger partial charge in [0.1, 0.15) is 15.7 Å². The second-order valence-corrected chi connectivity index (χ2v) is 12.0. The Morgan fingerprint density at radius 1 is 1.17 bits per heavy atom.